The minimum absolute atomic E-state index is 0.105. The molecular weight excluding hydrogens is 439 g/mol. The summed E-state index contributed by atoms with van der Waals surface area (Å²) in [7, 11) is 0.834. The van der Waals surface area contributed by atoms with Crippen LogP contribution in [0.25, 0.3) is 0 Å². The number of fused-ring (bicyclic) bond motifs is 1. The molecule has 7 nitrogen and oxygen atoms in total. The molecular formula is C24H25FN6OS. The first kappa shape index (κ1) is 22.8. The fourth-order valence-corrected chi connectivity index (χ4v) is 5.59. The van der Waals surface area contributed by atoms with Gasteiger partial charge in [0.15, 0.2) is 0 Å². The van der Waals surface area contributed by atoms with Crippen LogP contribution in [0.2, 0.25) is 0 Å². The molecule has 3 N–H and O–H groups in total. The number of halogens is 1. The van der Waals surface area contributed by atoms with E-state index in [2.05, 4.69) is 27.2 Å². The Labute approximate surface area is 194 Å². The second-order valence-corrected chi connectivity index (χ2v) is 9.39. The Balaban J connectivity index is 1.46. The van der Waals surface area contributed by atoms with Crippen LogP contribution in [0, 0.1) is 22.1 Å². The predicted octanol–water partition coefficient (Wildman–Crippen LogP) is 4.27. The molecule has 0 aliphatic carbocycles. The van der Waals surface area contributed by atoms with E-state index in [1.807, 2.05) is 24.4 Å². The summed E-state index contributed by atoms with van der Waals surface area (Å²) in [5.41, 5.74) is 2.69. The van der Waals surface area contributed by atoms with Crippen molar-refractivity contribution in [2.24, 2.45) is 7.05 Å². The van der Waals surface area contributed by atoms with Crippen molar-refractivity contribution >= 4 is 22.5 Å². The molecule has 1 aliphatic heterocycles. The van der Waals surface area contributed by atoms with Gasteiger partial charge in [-0.3, -0.25) is 9.57 Å². The lowest BCUT2D eigenvalue weighted by Crippen LogP contribution is -2.29. The Bertz CT molecular complexity index is 1230. The summed E-state index contributed by atoms with van der Waals surface area (Å²) in [6, 6.07) is 14.8. The number of nitrogens with zero attached hydrogens (tertiary/aromatic N) is 3. The summed E-state index contributed by atoms with van der Waals surface area (Å²) in [5, 5.41) is 11.7. The summed E-state index contributed by atoms with van der Waals surface area (Å²) >= 11 is 0. The van der Waals surface area contributed by atoms with Gasteiger partial charge in [-0.25, -0.2) is 9.71 Å². The van der Waals surface area contributed by atoms with E-state index in [1.165, 1.54) is 11.6 Å². The zero-order valence-electron chi connectivity index (χ0n) is 18.3. The monoisotopic (exact) mass is 464 g/mol. The SMILES string of the molecule is Cn1cc2c(c1C(=O)Nc1cc(F)nc(C#N)c1)CCC(CCCc1ccccc1)NS2=N. The molecule has 33 heavy (non-hydrogen) atoms. The average molecular weight is 465 g/mol. The summed E-state index contributed by atoms with van der Waals surface area (Å²) in [4.78, 5) is 17.4. The van der Waals surface area contributed by atoms with Crippen LogP contribution in [0.4, 0.5) is 10.1 Å². The van der Waals surface area contributed by atoms with Gasteiger partial charge < -0.3 is 9.88 Å². The predicted molar refractivity (Wildman–Crippen MR) is 125 cm³/mol. The van der Waals surface area contributed by atoms with E-state index in [4.69, 9.17) is 10.0 Å². The zero-order valence-corrected chi connectivity index (χ0v) is 19.1. The number of amides is 1. The van der Waals surface area contributed by atoms with Crippen molar-refractivity contribution in [3.63, 3.8) is 0 Å². The molecule has 170 valence electrons. The highest BCUT2D eigenvalue weighted by molar-refractivity contribution is 7.84. The van der Waals surface area contributed by atoms with Crippen LogP contribution in [0.15, 0.2) is 53.6 Å². The highest BCUT2D eigenvalue weighted by atomic mass is 32.2. The van der Waals surface area contributed by atoms with Crippen LogP contribution in [0.1, 0.15) is 46.6 Å². The number of nitrogens with one attached hydrogen (secondary N) is 3. The molecule has 2 atom stereocenters. The normalized spacial score (nSPS) is 17.6. The summed E-state index contributed by atoms with van der Waals surface area (Å²) < 4.78 is 27.5. The minimum Gasteiger partial charge on any atom is -0.345 e. The molecule has 0 spiro atoms. The van der Waals surface area contributed by atoms with Gasteiger partial charge in [0.2, 0.25) is 5.95 Å². The fraction of sp³-hybridized carbons (Fsp3) is 0.292. The third kappa shape index (κ3) is 5.35. The lowest BCUT2D eigenvalue weighted by atomic mass is 9.99. The van der Waals surface area contributed by atoms with E-state index in [1.54, 1.807) is 17.7 Å². The van der Waals surface area contributed by atoms with E-state index in [9.17, 15) is 9.18 Å². The van der Waals surface area contributed by atoms with Gasteiger partial charge in [0.25, 0.3) is 5.91 Å². The van der Waals surface area contributed by atoms with Gasteiger partial charge >= 0.3 is 0 Å². The molecule has 1 aromatic carbocycles. The van der Waals surface area contributed by atoms with Crippen molar-refractivity contribution < 1.29 is 9.18 Å². The molecule has 9 heteroatoms. The molecule has 2 aromatic heterocycles. The minimum atomic E-state index is -0.936. The molecule has 2 unspecified atom stereocenters. The van der Waals surface area contributed by atoms with Crippen LogP contribution < -0.4 is 10.0 Å². The van der Waals surface area contributed by atoms with Gasteiger partial charge in [-0.2, -0.15) is 9.65 Å². The zero-order chi connectivity index (χ0) is 23.4. The maximum Gasteiger partial charge on any atom is 0.272 e. The third-order valence-corrected chi connectivity index (χ3v) is 7.10. The van der Waals surface area contributed by atoms with Crippen LogP contribution in [0.3, 0.4) is 0 Å². The number of carbonyl (C=O) groups is 1. The number of benzene rings is 1. The Morgan fingerprint density at radius 1 is 1.39 bits per heavy atom. The highest BCUT2D eigenvalue weighted by Crippen LogP contribution is 2.27. The fourth-order valence-electron chi connectivity index (χ4n) is 4.19. The summed E-state index contributed by atoms with van der Waals surface area (Å²) in [5.74, 6) is -1.22. The summed E-state index contributed by atoms with van der Waals surface area (Å²) in [6.07, 6.45) is 6.32. The van der Waals surface area contributed by atoms with Gasteiger partial charge in [0, 0.05) is 31.0 Å². The van der Waals surface area contributed by atoms with Crippen molar-refractivity contribution in [3.8, 4) is 6.07 Å². The van der Waals surface area contributed by atoms with Crippen LogP contribution in [-0.4, -0.2) is 21.5 Å². The van der Waals surface area contributed by atoms with Crippen molar-refractivity contribution in [2.45, 2.75) is 43.0 Å². The van der Waals surface area contributed by atoms with Gasteiger partial charge in [-0.1, -0.05) is 30.3 Å². The number of anilines is 1. The first-order valence-electron chi connectivity index (χ1n) is 10.8. The maximum atomic E-state index is 13.7. The molecule has 0 saturated heterocycles. The molecule has 1 amide bonds. The smallest absolute Gasteiger partial charge is 0.272 e. The van der Waals surface area contributed by atoms with Gasteiger partial charge in [-0.15, -0.1) is 0 Å². The highest BCUT2D eigenvalue weighted by Gasteiger charge is 2.27. The first-order valence-corrected chi connectivity index (χ1v) is 12.0. The molecule has 4 rings (SSSR count). The van der Waals surface area contributed by atoms with Crippen molar-refractivity contribution in [1.82, 2.24) is 14.3 Å². The van der Waals surface area contributed by atoms with Crippen LogP contribution in [-0.2, 0) is 30.8 Å². The number of hydrogen-bond acceptors (Lipinski definition) is 4. The number of aromatic nitrogens is 2. The number of rotatable bonds is 6. The standard InChI is InChI=1S/C24H25FN6OS/c1-31-15-21-20(23(31)24(32)29-18-12-19(14-26)28-22(25)13-18)11-10-17(30-33(21)27)9-5-8-16-6-3-2-4-7-16/h2-4,6-7,12-13,15,17H,5,8-11H2,1H3,(H2,27,30)(H,28,29,32). The third-order valence-electron chi connectivity index (χ3n) is 5.74. The van der Waals surface area contributed by atoms with E-state index < -0.39 is 22.7 Å². The van der Waals surface area contributed by atoms with E-state index >= 15 is 0 Å². The quantitative estimate of drug-likeness (QED) is 0.474. The Morgan fingerprint density at radius 2 is 2.18 bits per heavy atom. The molecule has 0 radical (unpaired) electrons. The molecule has 3 heterocycles. The average Bonchev–Trinajstić information content (AvgIpc) is 3.06. The Kier molecular flexibility index (Phi) is 6.96. The molecule has 0 bridgehead atoms. The van der Waals surface area contributed by atoms with Crippen molar-refractivity contribution in [1.29, 1.82) is 10.0 Å². The van der Waals surface area contributed by atoms with Gasteiger partial charge in [-0.05, 0) is 60.2 Å². The summed E-state index contributed by atoms with van der Waals surface area (Å²) in [6.45, 7) is 0. The number of pyridine rings is 1. The largest absolute Gasteiger partial charge is 0.345 e. The van der Waals surface area contributed by atoms with Crippen LogP contribution in [0.5, 0.6) is 0 Å². The number of aryl methyl sites for hydroxylation is 2. The topological polar surface area (TPSA) is 107 Å². The Morgan fingerprint density at radius 3 is 2.94 bits per heavy atom. The van der Waals surface area contributed by atoms with Gasteiger partial charge in [0.05, 0.1) is 4.90 Å². The van der Waals surface area contributed by atoms with E-state index in [0.717, 1.165) is 42.2 Å². The first-order chi connectivity index (χ1) is 15.9. The molecule has 0 fully saturated rings. The van der Waals surface area contributed by atoms with E-state index in [0.29, 0.717) is 12.1 Å². The Hall–Kier alpha value is -3.35. The number of carbonyl (C=O) groups excluding carboxylic acids is 1. The molecule has 0 saturated carbocycles. The van der Waals surface area contributed by atoms with Crippen molar-refractivity contribution in [2.75, 3.05) is 5.32 Å². The van der Waals surface area contributed by atoms with Gasteiger partial charge in [0.1, 0.15) is 17.5 Å². The van der Waals surface area contributed by atoms with Crippen LogP contribution >= 0.6 is 0 Å². The number of nitriles is 1. The second kappa shape index (κ2) is 10.1. The van der Waals surface area contributed by atoms with Crippen molar-refractivity contribution in [3.05, 3.63) is 77.1 Å². The van der Waals surface area contributed by atoms with E-state index in [-0.39, 0.29) is 17.4 Å². The maximum absolute atomic E-state index is 13.7. The molecule has 1 aliphatic rings. The number of hydrogen-bond donors (Lipinski definition) is 3. The lowest BCUT2D eigenvalue weighted by Gasteiger charge is -2.16. The second-order valence-electron chi connectivity index (χ2n) is 8.10. The molecule has 3 aromatic rings. The lowest BCUT2D eigenvalue weighted by molar-refractivity contribution is 0.101.